The number of hydrogen-bond acceptors (Lipinski definition) is 6. The predicted octanol–water partition coefficient (Wildman–Crippen LogP) is 2.38. The summed E-state index contributed by atoms with van der Waals surface area (Å²) in [7, 11) is 0. The smallest absolute Gasteiger partial charge is 0.228 e. The van der Waals surface area contributed by atoms with Gasteiger partial charge < -0.3 is 14.6 Å². The summed E-state index contributed by atoms with van der Waals surface area (Å²) >= 11 is 1.11. The number of nitrogens with zero attached hydrogens (tertiary/aromatic N) is 1. The van der Waals surface area contributed by atoms with Crippen LogP contribution in [0.1, 0.15) is 48.3 Å². The van der Waals surface area contributed by atoms with Crippen molar-refractivity contribution in [3.05, 3.63) is 45.9 Å². The Morgan fingerprint density at radius 1 is 1.25 bits per heavy atom. The van der Waals surface area contributed by atoms with Crippen molar-refractivity contribution in [3.8, 4) is 5.75 Å². The second-order valence-corrected chi connectivity index (χ2v) is 7.02. The standard InChI is InChI=1S/C18H21NO4S/c1-4-18(2,3)12-5-7-14(8-6-12)23-10-15(20)17-19-13(11-24-17)9-16(21)22/h5-8,11H,4,9-10H2,1-3H3,(H,21,22)/p-1. The third kappa shape index (κ3) is 4.64. The molecule has 1 aromatic carbocycles. The molecule has 0 bridgehead atoms. The summed E-state index contributed by atoms with van der Waals surface area (Å²) in [4.78, 5) is 26.6. The molecule has 0 radical (unpaired) electrons. The van der Waals surface area contributed by atoms with Crippen LogP contribution in [-0.2, 0) is 16.6 Å². The molecular formula is C18H20NO4S-. The highest BCUT2D eigenvalue weighted by molar-refractivity contribution is 7.11. The molecule has 1 aromatic heterocycles. The molecular weight excluding hydrogens is 326 g/mol. The van der Waals surface area contributed by atoms with E-state index in [4.69, 9.17) is 4.74 Å². The average molecular weight is 346 g/mol. The van der Waals surface area contributed by atoms with Gasteiger partial charge in [0, 0.05) is 17.8 Å². The van der Waals surface area contributed by atoms with E-state index in [1.807, 2.05) is 24.3 Å². The molecule has 0 aliphatic carbocycles. The maximum atomic E-state index is 12.0. The van der Waals surface area contributed by atoms with Crippen LogP contribution in [0.25, 0.3) is 0 Å². The van der Waals surface area contributed by atoms with E-state index in [-0.39, 0.29) is 29.2 Å². The van der Waals surface area contributed by atoms with E-state index in [1.54, 1.807) is 5.38 Å². The number of ether oxygens (including phenoxy) is 1. The zero-order valence-electron chi connectivity index (χ0n) is 14.0. The molecule has 5 nitrogen and oxygen atoms in total. The molecule has 6 heteroatoms. The normalized spacial score (nSPS) is 11.3. The average Bonchev–Trinajstić information content (AvgIpc) is 3.00. The highest BCUT2D eigenvalue weighted by Gasteiger charge is 2.18. The molecule has 0 saturated carbocycles. The Morgan fingerprint density at radius 3 is 2.50 bits per heavy atom. The van der Waals surface area contributed by atoms with Gasteiger partial charge in [0.2, 0.25) is 5.78 Å². The number of carboxylic acid groups (broad SMARTS) is 1. The quantitative estimate of drug-likeness (QED) is 0.686. The van der Waals surface area contributed by atoms with Gasteiger partial charge in [0.1, 0.15) is 5.75 Å². The molecule has 2 rings (SSSR count). The molecule has 0 saturated heterocycles. The molecule has 0 amide bonds. The number of carbonyl (C=O) groups excluding carboxylic acids is 2. The molecule has 2 aromatic rings. The zero-order valence-corrected chi connectivity index (χ0v) is 14.8. The number of Topliss-reactive ketones (excluding diaryl/α,β-unsaturated/α-hetero) is 1. The van der Waals surface area contributed by atoms with Gasteiger partial charge in [0.25, 0.3) is 0 Å². The van der Waals surface area contributed by atoms with Crippen molar-refractivity contribution >= 4 is 23.1 Å². The molecule has 0 unspecified atom stereocenters. The molecule has 24 heavy (non-hydrogen) atoms. The van der Waals surface area contributed by atoms with Gasteiger partial charge in [0.15, 0.2) is 11.6 Å². The van der Waals surface area contributed by atoms with Crippen LogP contribution in [-0.4, -0.2) is 23.3 Å². The van der Waals surface area contributed by atoms with Gasteiger partial charge in [-0.15, -0.1) is 11.3 Å². The summed E-state index contributed by atoms with van der Waals surface area (Å²) in [5.41, 5.74) is 1.65. The third-order valence-corrected chi connectivity index (χ3v) is 4.94. The molecule has 128 valence electrons. The first-order valence-electron chi connectivity index (χ1n) is 7.72. The van der Waals surface area contributed by atoms with Crippen LogP contribution in [0.2, 0.25) is 0 Å². The maximum Gasteiger partial charge on any atom is 0.228 e. The lowest BCUT2D eigenvalue weighted by Crippen LogP contribution is -2.24. The number of benzene rings is 1. The number of carboxylic acids is 1. The van der Waals surface area contributed by atoms with Gasteiger partial charge in [-0.3, -0.25) is 4.79 Å². The molecule has 0 N–H and O–H groups in total. The van der Waals surface area contributed by atoms with Crippen molar-refractivity contribution in [2.75, 3.05) is 6.61 Å². The fourth-order valence-corrected chi connectivity index (χ4v) is 2.83. The van der Waals surface area contributed by atoms with Crippen molar-refractivity contribution < 1.29 is 19.4 Å². The minimum atomic E-state index is -1.22. The summed E-state index contributed by atoms with van der Waals surface area (Å²) in [5.74, 6) is -0.876. The molecule has 0 atom stereocenters. The molecule has 0 fully saturated rings. The number of aliphatic carboxylic acids is 1. The van der Waals surface area contributed by atoms with Crippen LogP contribution < -0.4 is 9.84 Å². The Bertz CT molecular complexity index is 719. The topological polar surface area (TPSA) is 79.3 Å². The summed E-state index contributed by atoms with van der Waals surface area (Å²) in [5, 5.41) is 12.3. The van der Waals surface area contributed by atoms with Crippen LogP contribution in [0.3, 0.4) is 0 Å². The van der Waals surface area contributed by atoms with E-state index >= 15 is 0 Å². The fraction of sp³-hybridized carbons (Fsp3) is 0.389. The largest absolute Gasteiger partial charge is 0.550 e. The zero-order chi connectivity index (χ0) is 17.7. The van der Waals surface area contributed by atoms with E-state index in [9.17, 15) is 14.7 Å². The van der Waals surface area contributed by atoms with Crippen molar-refractivity contribution in [1.29, 1.82) is 0 Å². The van der Waals surface area contributed by atoms with Crippen LogP contribution in [0.15, 0.2) is 29.6 Å². The Hall–Kier alpha value is -2.21. The number of aromatic nitrogens is 1. The van der Waals surface area contributed by atoms with E-state index < -0.39 is 5.97 Å². The first-order chi connectivity index (χ1) is 11.3. The summed E-state index contributed by atoms with van der Waals surface area (Å²) in [6.45, 7) is 6.37. The Balaban J connectivity index is 1.94. The first kappa shape index (κ1) is 18.1. The molecule has 0 aliphatic rings. The van der Waals surface area contributed by atoms with E-state index in [2.05, 4.69) is 25.8 Å². The summed E-state index contributed by atoms with van der Waals surface area (Å²) < 4.78 is 5.50. The number of rotatable bonds is 8. The second kappa shape index (κ2) is 7.57. The van der Waals surface area contributed by atoms with Gasteiger partial charge in [-0.25, -0.2) is 4.98 Å². The van der Waals surface area contributed by atoms with E-state index in [1.165, 1.54) is 5.56 Å². The monoisotopic (exact) mass is 346 g/mol. The fourth-order valence-electron chi connectivity index (χ4n) is 2.08. The number of carbonyl (C=O) groups is 2. The number of ketones is 1. The van der Waals surface area contributed by atoms with E-state index in [0.717, 1.165) is 17.8 Å². The Labute approximate surface area is 145 Å². The van der Waals surface area contributed by atoms with Crippen LogP contribution in [0.4, 0.5) is 0 Å². The number of hydrogen-bond donors (Lipinski definition) is 0. The van der Waals surface area contributed by atoms with Crippen molar-refractivity contribution in [1.82, 2.24) is 4.98 Å². The van der Waals surface area contributed by atoms with Gasteiger partial charge in [-0.1, -0.05) is 32.9 Å². The molecule has 1 heterocycles. The second-order valence-electron chi connectivity index (χ2n) is 6.17. The van der Waals surface area contributed by atoms with Crippen LogP contribution in [0, 0.1) is 0 Å². The predicted molar refractivity (Wildman–Crippen MR) is 90.4 cm³/mol. The lowest BCUT2D eigenvalue weighted by molar-refractivity contribution is -0.304. The lowest BCUT2D eigenvalue weighted by Gasteiger charge is -2.23. The molecule has 0 spiro atoms. The summed E-state index contributed by atoms with van der Waals surface area (Å²) in [6, 6.07) is 7.71. The van der Waals surface area contributed by atoms with Gasteiger partial charge >= 0.3 is 0 Å². The van der Waals surface area contributed by atoms with Crippen LogP contribution in [0.5, 0.6) is 5.75 Å². The van der Waals surface area contributed by atoms with Crippen molar-refractivity contribution in [2.45, 2.75) is 39.0 Å². The molecule has 0 aliphatic heterocycles. The maximum absolute atomic E-state index is 12.0. The van der Waals surface area contributed by atoms with Crippen molar-refractivity contribution in [3.63, 3.8) is 0 Å². The van der Waals surface area contributed by atoms with Crippen LogP contribution >= 0.6 is 11.3 Å². The SMILES string of the molecule is CCC(C)(C)c1ccc(OCC(=O)c2nc(CC(=O)[O-])cs2)cc1. The summed E-state index contributed by atoms with van der Waals surface area (Å²) in [6.07, 6.45) is 0.739. The lowest BCUT2D eigenvalue weighted by atomic mass is 9.82. The van der Waals surface area contributed by atoms with Gasteiger partial charge in [-0.05, 0) is 29.5 Å². The highest BCUT2D eigenvalue weighted by atomic mass is 32.1. The third-order valence-electron chi connectivity index (χ3n) is 4.01. The van der Waals surface area contributed by atoms with Crippen molar-refractivity contribution in [2.24, 2.45) is 0 Å². The Kier molecular flexibility index (Phi) is 5.72. The number of thiazole rings is 1. The van der Waals surface area contributed by atoms with Gasteiger partial charge in [-0.2, -0.15) is 0 Å². The minimum Gasteiger partial charge on any atom is -0.550 e. The minimum absolute atomic E-state index is 0.102. The highest BCUT2D eigenvalue weighted by Crippen LogP contribution is 2.28. The van der Waals surface area contributed by atoms with E-state index in [0.29, 0.717) is 11.4 Å². The van der Waals surface area contributed by atoms with Gasteiger partial charge in [0.05, 0.1) is 5.69 Å². The first-order valence-corrected chi connectivity index (χ1v) is 8.60. The Morgan fingerprint density at radius 2 is 1.92 bits per heavy atom.